The van der Waals surface area contributed by atoms with Crippen molar-refractivity contribution in [1.29, 1.82) is 0 Å². The van der Waals surface area contributed by atoms with E-state index in [-0.39, 0.29) is 16.4 Å². The second kappa shape index (κ2) is 6.43. The number of nitrogen functional groups attached to an aromatic ring is 1. The third kappa shape index (κ3) is 3.78. The lowest BCUT2D eigenvalue weighted by Gasteiger charge is -2.03. The maximum absolute atomic E-state index is 11.5. The van der Waals surface area contributed by atoms with Crippen LogP contribution in [0.1, 0.15) is 10.5 Å². The zero-order chi connectivity index (χ0) is 18.2. The number of sulfone groups is 1. The molecule has 1 aromatic carbocycles. The summed E-state index contributed by atoms with van der Waals surface area (Å²) >= 11 is 2.41. The van der Waals surface area contributed by atoms with Crippen molar-refractivity contribution < 1.29 is 18.3 Å². The van der Waals surface area contributed by atoms with Gasteiger partial charge in [-0.15, -0.1) is 11.3 Å². The number of benzene rings is 1. The molecule has 0 saturated carbocycles. The first-order valence-corrected chi connectivity index (χ1v) is 10.4. The molecule has 11 heteroatoms. The van der Waals surface area contributed by atoms with E-state index in [1.54, 1.807) is 12.1 Å². The van der Waals surface area contributed by atoms with Crippen molar-refractivity contribution in [2.24, 2.45) is 0 Å². The third-order valence-corrected chi connectivity index (χ3v) is 6.22. The molecule has 0 atom stereocenters. The molecular weight excluding hydrogens is 384 g/mol. The number of carbonyl (C=O) groups is 1. The smallest absolute Gasteiger partial charge is 0.355 e. The first-order chi connectivity index (χ1) is 11.7. The quantitative estimate of drug-likeness (QED) is 0.599. The van der Waals surface area contributed by atoms with Gasteiger partial charge in [-0.3, -0.25) is 0 Å². The van der Waals surface area contributed by atoms with Crippen molar-refractivity contribution in [3.05, 3.63) is 35.3 Å². The van der Waals surface area contributed by atoms with Crippen LogP contribution in [-0.2, 0) is 9.84 Å². The fourth-order valence-electron chi connectivity index (χ4n) is 1.92. The van der Waals surface area contributed by atoms with Crippen LogP contribution in [0.3, 0.4) is 0 Å². The van der Waals surface area contributed by atoms with Gasteiger partial charge in [0.05, 0.1) is 4.90 Å². The number of aromatic nitrogens is 2. The predicted molar refractivity (Wildman–Crippen MR) is 97.4 cm³/mol. The number of nitrogens with two attached hydrogens (primary N) is 1. The summed E-state index contributed by atoms with van der Waals surface area (Å²) in [6.07, 6.45) is 1.14. The van der Waals surface area contributed by atoms with Gasteiger partial charge in [0.15, 0.2) is 20.7 Å². The molecule has 0 aliphatic rings. The Morgan fingerprint density at radius 2 is 1.92 bits per heavy atom. The highest BCUT2D eigenvalue weighted by atomic mass is 32.2. The average molecular weight is 396 g/mol. The summed E-state index contributed by atoms with van der Waals surface area (Å²) in [5.41, 5.74) is 6.50. The molecule has 0 aliphatic carbocycles. The van der Waals surface area contributed by atoms with Crippen LogP contribution in [0, 0.1) is 0 Å². The summed E-state index contributed by atoms with van der Waals surface area (Å²) in [7, 11) is -3.25. The van der Waals surface area contributed by atoms with Crippen LogP contribution in [0.2, 0.25) is 0 Å². The molecule has 0 unspecified atom stereocenters. The highest BCUT2D eigenvalue weighted by Gasteiger charge is 2.17. The summed E-state index contributed by atoms with van der Waals surface area (Å²) in [5.74, 6) is -0.860. The number of nitrogens with one attached hydrogen (secondary N) is 1. The molecular formula is C14H12N4O4S3. The van der Waals surface area contributed by atoms with Crippen LogP contribution < -0.4 is 11.1 Å². The zero-order valence-electron chi connectivity index (χ0n) is 12.8. The van der Waals surface area contributed by atoms with E-state index in [2.05, 4.69) is 15.3 Å². The summed E-state index contributed by atoms with van der Waals surface area (Å²) < 4.78 is 22.9. The van der Waals surface area contributed by atoms with E-state index in [0.717, 1.165) is 6.26 Å². The van der Waals surface area contributed by atoms with Crippen LogP contribution in [0.25, 0.3) is 9.88 Å². The van der Waals surface area contributed by atoms with E-state index >= 15 is 0 Å². The van der Waals surface area contributed by atoms with Crippen LogP contribution in [0.4, 0.5) is 16.6 Å². The Morgan fingerprint density at radius 1 is 1.24 bits per heavy atom. The monoisotopic (exact) mass is 396 g/mol. The Morgan fingerprint density at radius 3 is 2.48 bits per heavy atom. The molecule has 2 heterocycles. The van der Waals surface area contributed by atoms with Crippen LogP contribution in [0.15, 0.2) is 34.5 Å². The minimum Gasteiger partial charge on any atom is -0.476 e. The predicted octanol–water partition coefficient (Wildman–Crippen LogP) is 2.69. The van der Waals surface area contributed by atoms with Crippen molar-refractivity contribution in [2.75, 3.05) is 17.3 Å². The van der Waals surface area contributed by atoms with Crippen molar-refractivity contribution in [3.8, 4) is 9.88 Å². The van der Waals surface area contributed by atoms with Crippen molar-refractivity contribution >= 4 is 55.1 Å². The molecule has 0 radical (unpaired) electrons. The highest BCUT2D eigenvalue weighted by Crippen LogP contribution is 2.37. The molecule has 130 valence electrons. The first kappa shape index (κ1) is 17.3. The Hall–Kier alpha value is -2.50. The Labute approximate surface area is 150 Å². The fraction of sp³-hybridized carbons (Fsp3) is 0.0714. The van der Waals surface area contributed by atoms with Gasteiger partial charge >= 0.3 is 5.97 Å². The number of aromatic carboxylic acids is 1. The van der Waals surface area contributed by atoms with E-state index < -0.39 is 15.8 Å². The SMILES string of the molecule is CS(=O)(=O)c1ccc(Nc2nc(N)c(-c3nc(C(=O)O)cs3)s2)cc1. The van der Waals surface area contributed by atoms with Gasteiger partial charge in [0, 0.05) is 17.3 Å². The summed E-state index contributed by atoms with van der Waals surface area (Å²) in [5, 5.41) is 14.4. The minimum atomic E-state index is -3.25. The number of hydrogen-bond donors (Lipinski definition) is 3. The molecule has 25 heavy (non-hydrogen) atoms. The maximum Gasteiger partial charge on any atom is 0.355 e. The summed E-state index contributed by atoms with van der Waals surface area (Å²) in [4.78, 5) is 19.9. The number of carboxylic acid groups (broad SMARTS) is 1. The third-order valence-electron chi connectivity index (χ3n) is 3.10. The molecule has 3 aromatic rings. The van der Waals surface area contributed by atoms with Gasteiger partial charge in [0.25, 0.3) is 0 Å². The standard InChI is InChI=1S/C14H12N4O4S3/c1-25(21,22)8-4-2-7(3-5-8)16-14-18-11(15)10(24-14)12-17-9(6-23-12)13(19)20/h2-6H,15H2,1H3,(H,16,18)(H,19,20). The molecule has 4 N–H and O–H groups in total. The molecule has 0 spiro atoms. The molecule has 0 saturated heterocycles. The van der Waals surface area contributed by atoms with Crippen molar-refractivity contribution in [3.63, 3.8) is 0 Å². The van der Waals surface area contributed by atoms with Gasteiger partial charge in [-0.1, -0.05) is 11.3 Å². The lowest BCUT2D eigenvalue weighted by atomic mass is 10.3. The second-order valence-electron chi connectivity index (χ2n) is 5.00. The number of carboxylic acids is 1. The lowest BCUT2D eigenvalue weighted by molar-refractivity contribution is 0.0691. The number of thiazole rings is 2. The molecule has 0 fully saturated rings. The molecule has 2 aromatic heterocycles. The van der Waals surface area contributed by atoms with E-state index in [9.17, 15) is 13.2 Å². The van der Waals surface area contributed by atoms with Crippen molar-refractivity contribution in [2.45, 2.75) is 4.90 Å². The summed E-state index contributed by atoms with van der Waals surface area (Å²) in [6, 6.07) is 6.24. The normalized spacial score (nSPS) is 11.4. The van der Waals surface area contributed by atoms with E-state index in [1.807, 2.05) is 0 Å². The van der Waals surface area contributed by atoms with E-state index in [1.165, 1.54) is 40.2 Å². The minimum absolute atomic E-state index is 0.0429. The topological polar surface area (TPSA) is 135 Å². The van der Waals surface area contributed by atoms with Gasteiger partial charge in [0.2, 0.25) is 0 Å². The number of rotatable bonds is 5. The molecule has 0 amide bonds. The maximum atomic E-state index is 11.5. The van der Waals surface area contributed by atoms with Crippen LogP contribution in [-0.4, -0.2) is 35.7 Å². The number of nitrogens with zero attached hydrogens (tertiary/aromatic N) is 2. The van der Waals surface area contributed by atoms with Crippen LogP contribution >= 0.6 is 22.7 Å². The Kier molecular flexibility index (Phi) is 4.45. The fourth-order valence-corrected chi connectivity index (χ4v) is 4.35. The number of hydrogen-bond acceptors (Lipinski definition) is 9. The first-order valence-electron chi connectivity index (χ1n) is 6.76. The Bertz CT molecular complexity index is 1040. The van der Waals surface area contributed by atoms with Gasteiger partial charge in [-0.05, 0) is 24.3 Å². The average Bonchev–Trinajstić information content (AvgIpc) is 3.13. The second-order valence-corrected chi connectivity index (χ2v) is 8.87. The molecule has 0 bridgehead atoms. The van der Waals surface area contributed by atoms with E-state index in [4.69, 9.17) is 10.8 Å². The molecule has 3 rings (SSSR count). The highest BCUT2D eigenvalue weighted by molar-refractivity contribution is 7.90. The van der Waals surface area contributed by atoms with E-state index in [0.29, 0.717) is 20.7 Å². The van der Waals surface area contributed by atoms with Crippen LogP contribution in [0.5, 0.6) is 0 Å². The van der Waals surface area contributed by atoms with Gasteiger partial charge in [-0.2, -0.15) is 0 Å². The number of anilines is 3. The van der Waals surface area contributed by atoms with Gasteiger partial charge < -0.3 is 16.2 Å². The largest absolute Gasteiger partial charge is 0.476 e. The molecule has 8 nitrogen and oxygen atoms in total. The van der Waals surface area contributed by atoms with Gasteiger partial charge in [0.1, 0.15) is 15.7 Å². The van der Waals surface area contributed by atoms with Crippen molar-refractivity contribution in [1.82, 2.24) is 9.97 Å². The lowest BCUT2D eigenvalue weighted by Crippen LogP contribution is -1.97. The molecule has 0 aliphatic heterocycles. The summed E-state index contributed by atoms with van der Waals surface area (Å²) in [6.45, 7) is 0. The van der Waals surface area contributed by atoms with Gasteiger partial charge in [-0.25, -0.2) is 23.2 Å². The zero-order valence-corrected chi connectivity index (χ0v) is 15.2. The Balaban J connectivity index is 1.83.